The summed E-state index contributed by atoms with van der Waals surface area (Å²) in [6, 6.07) is 15.1. The highest BCUT2D eigenvalue weighted by Crippen LogP contribution is 2.19. The molecule has 3 N–H and O–H groups in total. The topological polar surface area (TPSA) is 160 Å². The van der Waals surface area contributed by atoms with Gasteiger partial charge in [-0.25, -0.2) is 12.6 Å². The zero-order valence-electron chi connectivity index (χ0n) is 16.3. The number of anilines is 4. The molecule has 1 heterocycles. The fourth-order valence-corrected chi connectivity index (χ4v) is 3.97. The van der Waals surface area contributed by atoms with Crippen molar-refractivity contribution in [1.82, 2.24) is 15.0 Å². The van der Waals surface area contributed by atoms with Crippen LogP contribution < -0.4 is 10.6 Å². The van der Waals surface area contributed by atoms with E-state index in [0.29, 0.717) is 17.5 Å². The fraction of sp³-hybridized carbons (Fsp3) is 0.167. The summed E-state index contributed by atoms with van der Waals surface area (Å²) in [5.41, 5.74) is 1.34. The smallest absolute Gasteiger partial charge is 0.324 e. The number of para-hydroxylation sites is 1. The highest BCUT2D eigenvalue weighted by molar-refractivity contribution is 7.91. The molecule has 0 saturated heterocycles. The minimum Gasteiger partial charge on any atom is -0.324 e. The summed E-state index contributed by atoms with van der Waals surface area (Å²) in [6.45, 7) is 1.02. The van der Waals surface area contributed by atoms with Crippen LogP contribution in [-0.4, -0.2) is 48.7 Å². The van der Waals surface area contributed by atoms with Gasteiger partial charge in [-0.15, -0.1) is 0 Å². The molecule has 0 amide bonds. The van der Waals surface area contributed by atoms with Crippen molar-refractivity contribution >= 4 is 43.5 Å². The lowest BCUT2D eigenvalue weighted by molar-refractivity contribution is 0.284. The van der Waals surface area contributed by atoms with E-state index in [2.05, 4.69) is 29.8 Å². The Morgan fingerprint density at radius 2 is 1.39 bits per heavy atom. The van der Waals surface area contributed by atoms with Gasteiger partial charge in [0.1, 0.15) is 5.82 Å². The molecule has 0 unspecified atom stereocenters. The van der Waals surface area contributed by atoms with Gasteiger partial charge in [-0.1, -0.05) is 18.2 Å². The Kier molecular flexibility index (Phi) is 6.80. The summed E-state index contributed by atoms with van der Waals surface area (Å²) in [7, 11) is -8.50. The van der Waals surface area contributed by atoms with E-state index >= 15 is 0 Å². The highest BCUT2D eigenvalue weighted by Gasteiger charge is 2.16. The number of sulfone groups is 1. The van der Waals surface area contributed by atoms with Crippen LogP contribution in [0.25, 0.3) is 0 Å². The van der Waals surface area contributed by atoms with E-state index in [1.54, 1.807) is 6.92 Å². The molecule has 164 valence electrons. The van der Waals surface area contributed by atoms with Crippen LogP contribution in [-0.2, 0) is 24.4 Å². The number of aromatic nitrogens is 3. The molecule has 3 rings (SSSR count). The van der Waals surface area contributed by atoms with Crippen molar-refractivity contribution in [2.75, 3.05) is 23.0 Å². The first kappa shape index (κ1) is 22.6. The van der Waals surface area contributed by atoms with Gasteiger partial charge >= 0.3 is 10.4 Å². The molecule has 0 radical (unpaired) electrons. The van der Waals surface area contributed by atoms with E-state index in [1.807, 2.05) is 30.3 Å². The molecule has 3 aromatic rings. The maximum absolute atomic E-state index is 12.2. The van der Waals surface area contributed by atoms with E-state index in [1.165, 1.54) is 24.3 Å². The molecule has 2 aromatic carbocycles. The van der Waals surface area contributed by atoms with E-state index in [9.17, 15) is 16.8 Å². The molecule has 0 atom stereocenters. The van der Waals surface area contributed by atoms with Crippen LogP contribution in [0.2, 0.25) is 0 Å². The quantitative estimate of drug-likeness (QED) is 0.398. The van der Waals surface area contributed by atoms with Crippen molar-refractivity contribution < 1.29 is 25.6 Å². The first-order valence-electron chi connectivity index (χ1n) is 8.87. The second kappa shape index (κ2) is 9.34. The molecule has 0 spiro atoms. The Hall–Kier alpha value is -3.13. The first-order chi connectivity index (χ1) is 14.6. The SMILES string of the molecule is Cc1nc(Nc2ccccc2)nc(Nc2ccc(S(=O)(=O)CCOS(=O)(=O)O)cc2)n1. The van der Waals surface area contributed by atoms with Crippen molar-refractivity contribution in [3.05, 3.63) is 60.4 Å². The van der Waals surface area contributed by atoms with Gasteiger partial charge in [0.05, 0.1) is 17.3 Å². The van der Waals surface area contributed by atoms with Crippen molar-refractivity contribution in [3.63, 3.8) is 0 Å². The van der Waals surface area contributed by atoms with Gasteiger partial charge in [0.25, 0.3) is 0 Å². The molecule has 1 aromatic heterocycles. The molecule has 0 fully saturated rings. The van der Waals surface area contributed by atoms with Crippen LogP contribution in [0.15, 0.2) is 59.5 Å². The van der Waals surface area contributed by atoms with E-state index in [-0.39, 0.29) is 10.8 Å². The third-order valence-electron chi connectivity index (χ3n) is 3.83. The summed E-state index contributed by atoms with van der Waals surface area (Å²) < 4.78 is 58.1. The van der Waals surface area contributed by atoms with E-state index in [4.69, 9.17) is 4.55 Å². The second-order valence-corrected chi connectivity index (χ2v) is 9.44. The Morgan fingerprint density at radius 3 is 1.94 bits per heavy atom. The van der Waals surface area contributed by atoms with Crippen LogP contribution in [0.1, 0.15) is 5.82 Å². The maximum atomic E-state index is 12.2. The normalized spacial score (nSPS) is 11.8. The largest absolute Gasteiger partial charge is 0.397 e. The number of nitrogens with zero attached hydrogens (tertiary/aromatic N) is 3. The number of hydrogen-bond donors (Lipinski definition) is 3. The fourth-order valence-electron chi connectivity index (χ4n) is 2.49. The van der Waals surface area contributed by atoms with Gasteiger partial charge in [0.15, 0.2) is 9.84 Å². The molecule has 0 bridgehead atoms. The minimum absolute atomic E-state index is 0.0322. The zero-order valence-corrected chi connectivity index (χ0v) is 17.9. The summed E-state index contributed by atoms with van der Waals surface area (Å²) in [4.78, 5) is 12.7. The molecule has 0 aliphatic rings. The van der Waals surface area contributed by atoms with Crippen LogP contribution in [0.5, 0.6) is 0 Å². The summed E-state index contributed by atoms with van der Waals surface area (Å²) >= 11 is 0. The predicted molar refractivity (Wildman–Crippen MR) is 114 cm³/mol. The Labute approximate surface area is 179 Å². The molecular formula is C18H19N5O6S2. The third-order valence-corrected chi connectivity index (χ3v) is 5.99. The molecule has 13 heteroatoms. The molecular weight excluding hydrogens is 446 g/mol. The monoisotopic (exact) mass is 465 g/mol. The average molecular weight is 466 g/mol. The van der Waals surface area contributed by atoms with Gasteiger partial charge < -0.3 is 10.6 Å². The highest BCUT2D eigenvalue weighted by atomic mass is 32.3. The molecule has 11 nitrogen and oxygen atoms in total. The van der Waals surface area contributed by atoms with Gasteiger partial charge in [-0.3, -0.25) is 4.55 Å². The van der Waals surface area contributed by atoms with Crippen LogP contribution >= 0.6 is 0 Å². The predicted octanol–water partition coefficient (Wildman–Crippen LogP) is 2.26. The van der Waals surface area contributed by atoms with Crippen LogP contribution in [0.4, 0.5) is 23.3 Å². The Balaban J connectivity index is 1.69. The summed E-state index contributed by atoms with van der Waals surface area (Å²) in [5.74, 6) is 0.483. The Bertz CT molecular complexity index is 1250. The van der Waals surface area contributed by atoms with Gasteiger partial charge in [0, 0.05) is 11.4 Å². The second-order valence-electron chi connectivity index (χ2n) is 6.24. The molecule has 0 saturated carbocycles. The Morgan fingerprint density at radius 1 is 0.839 bits per heavy atom. The average Bonchev–Trinajstić information content (AvgIpc) is 2.67. The summed E-state index contributed by atoms with van der Waals surface area (Å²) in [6.07, 6.45) is 0. The van der Waals surface area contributed by atoms with Crippen molar-refractivity contribution in [2.45, 2.75) is 11.8 Å². The zero-order chi connectivity index (χ0) is 22.5. The number of aryl methyl sites for hydroxylation is 1. The third kappa shape index (κ3) is 6.96. The van der Waals surface area contributed by atoms with Crippen LogP contribution in [0, 0.1) is 6.92 Å². The lowest BCUT2D eigenvalue weighted by Gasteiger charge is -2.10. The van der Waals surface area contributed by atoms with E-state index < -0.39 is 32.6 Å². The van der Waals surface area contributed by atoms with Gasteiger partial charge in [0.2, 0.25) is 11.9 Å². The van der Waals surface area contributed by atoms with Gasteiger partial charge in [-0.05, 0) is 43.3 Å². The lowest BCUT2D eigenvalue weighted by Crippen LogP contribution is -2.15. The van der Waals surface area contributed by atoms with Crippen LogP contribution in [0.3, 0.4) is 0 Å². The lowest BCUT2D eigenvalue weighted by atomic mass is 10.3. The molecule has 31 heavy (non-hydrogen) atoms. The van der Waals surface area contributed by atoms with Crippen molar-refractivity contribution in [2.24, 2.45) is 0 Å². The standard InChI is InChI=1S/C18H19N5O6S2/c1-13-19-17(21-14-5-3-2-4-6-14)23-18(20-13)22-15-7-9-16(10-8-15)30(24,25)12-11-29-31(26,27)28/h2-10H,11-12H2,1H3,(H,26,27,28)(H2,19,20,21,22,23). The molecule has 0 aliphatic heterocycles. The first-order valence-corrected chi connectivity index (χ1v) is 11.9. The summed E-state index contributed by atoms with van der Waals surface area (Å²) in [5, 5.41) is 6.05. The minimum atomic E-state index is -4.70. The number of rotatable bonds is 9. The van der Waals surface area contributed by atoms with Crippen molar-refractivity contribution in [1.29, 1.82) is 0 Å². The maximum Gasteiger partial charge on any atom is 0.397 e. The van der Waals surface area contributed by atoms with E-state index in [0.717, 1.165) is 5.69 Å². The number of benzene rings is 2. The van der Waals surface area contributed by atoms with Gasteiger partial charge in [-0.2, -0.15) is 23.4 Å². The number of hydrogen-bond acceptors (Lipinski definition) is 10. The molecule has 0 aliphatic carbocycles. The van der Waals surface area contributed by atoms with Crippen molar-refractivity contribution in [3.8, 4) is 0 Å². The number of nitrogens with one attached hydrogen (secondary N) is 2.